The van der Waals surface area contributed by atoms with Crippen LogP contribution in [0.3, 0.4) is 0 Å². The van der Waals surface area contributed by atoms with Gasteiger partial charge in [-0.15, -0.1) is 0 Å². The van der Waals surface area contributed by atoms with Crippen LogP contribution in [0.15, 0.2) is 61.2 Å². The van der Waals surface area contributed by atoms with Gasteiger partial charge in [-0.1, -0.05) is 50.6 Å². The van der Waals surface area contributed by atoms with E-state index in [1.807, 2.05) is 20.8 Å². The fourth-order valence-corrected chi connectivity index (χ4v) is 5.10. The number of alkyl halides is 7. The molecule has 0 saturated heterocycles. The molecule has 0 fully saturated rings. The number of nitrogens with zero attached hydrogens (tertiary/aromatic N) is 6. The Labute approximate surface area is 310 Å². The molecule has 1 atom stereocenters. The Morgan fingerprint density at radius 2 is 1.65 bits per heavy atom. The predicted molar refractivity (Wildman–Crippen MR) is 184 cm³/mol. The molecule has 0 radical (unpaired) electrons. The lowest BCUT2D eigenvalue weighted by molar-refractivity contribution is -0.183. The highest BCUT2D eigenvalue weighted by molar-refractivity contribution is 6.32. The Morgan fingerprint density at radius 1 is 0.981 bits per heavy atom. The average molecular weight is 788 g/mol. The number of hydrogen-bond donors (Lipinski definition) is 3. The van der Waals surface area contributed by atoms with Crippen LogP contribution in [0.2, 0.25) is 5.02 Å². The van der Waals surface area contributed by atoms with Crippen LogP contribution in [0.25, 0.3) is 16.8 Å². The van der Waals surface area contributed by atoms with Crippen molar-refractivity contribution in [2.75, 3.05) is 13.2 Å². The maximum atomic E-state index is 14.4. The highest BCUT2D eigenvalue weighted by atomic mass is 35.5. The van der Waals surface area contributed by atoms with Gasteiger partial charge in [-0.05, 0) is 61.1 Å². The second-order valence-corrected chi connectivity index (χ2v) is 14.1. The van der Waals surface area contributed by atoms with E-state index in [0.717, 1.165) is 22.1 Å². The van der Waals surface area contributed by atoms with Crippen LogP contribution in [0.4, 0.5) is 35.5 Å². The summed E-state index contributed by atoms with van der Waals surface area (Å²) in [6.45, 7) is 3.70. The molecular formula is C34H37ClF7N9O3. The summed E-state index contributed by atoms with van der Waals surface area (Å²) in [4.78, 5) is 31.7. The van der Waals surface area contributed by atoms with E-state index in [1.165, 1.54) is 48.7 Å². The average Bonchev–Trinajstić information content (AvgIpc) is 3.77. The number of halogens is 8. The van der Waals surface area contributed by atoms with Crippen LogP contribution in [0.5, 0.6) is 0 Å². The molecule has 0 aliphatic carbocycles. The van der Waals surface area contributed by atoms with Crippen molar-refractivity contribution in [3.05, 3.63) is 83.2 Å². The summed E-state index contributed by atoms with van der Waals surface area (Å²) in [6, 6.07) is 7.96. The zero-order valence-electron chi connectivity index (χ0n) is 29.6. The van der Waals surface area contributed by atoms with E-state index in [4.69, 9.17) is 21.7 Å². The molecule has 0 aliphatic heterocycles. The topological polar surface area (TPSA) is 143 Å². The van der Waals surface area contributed by atoms with Crippen LogP contribution >= 0.6 is 11.6 Å². The Balaban J connectivity index is 1.81. The number of hydrogen-bond acceptors (Lipinski definition) is 7. The first-order chi connectivity index (χ1) is 25.1. The summed E-state index contributed by atoms with van der Waals surface area (Å²) in [5.74, 6) is -2.16. The second-order valence-electron chi connectivity index (χ2n) is 13.7. The number of guanidine groups is 1. The molecule has 54 heavy (non-hydrogen) atoms. The van der Waals surface area contributed by atoms with Gasteiger partial charge in [0.25, 0.3) is 12.3 Å². The lowest BCUT2D eigenvalue weighted by Gasteiger charge is -2.34. The summed E-state index contributed by atoms with van der Waals surface area (Å²) in [5, 5.41) is 21.0. The highest BCUT2D eigenvalue weighted by Crippen LogP contribution is 2.33. The van der Waals surface area contributed by atoms with Gasteiger partial charge in [0, 0.05) is 23.9 Å². The molecule has 0 unspecified atom stereocenters. The number of ether oxygens (including phenoxy) is 1. The number of carbonyl (C=O) groups excluding carboxylic acids is 2. The molecule has 2 aromatic heterocycles. The lowest BCUT2D eigenvalue weighted by atomic mass is 9.92. The predicted octanol–water partition coefficient (Wildman–Crippen LogP) is 8.33. The Kier molecular flexibility index (Phi) is 12.7. The van der Waals surface area contributed by atoms with Crippen LogP contribution in [0, 0.1) is 10.8 Å². The number of nitrogens with one attached hydrogen (secondary N) is 3. The maximum Gasteiger partial charge on any atom is 0.411 e. The molecule has 2 heterocycles. The zero-order valence-corrected chi connectivity index (χ0v) is 30.3. The quantitative estimate of drug-likeness (QED) is 0.0745. The summed E-state index contributed by atoms with van der Waals surface area (Å²) < 4.78 is 101. The summed E-state index contributed by atoms with van der Waals surface area (Å²) in [7, 11) is 0. The normalized spacial score (nSPS) is 12.9. The standard InChI is InChI=1S/C34H37ClF7N9O3/c1-32(2,3)12-13-44-30(43)50(28(52)20-8-6-19(7-9-20)22-15-46-49(16-22)29(38)39)25(17-54-31(53)48-33(4,5)34(40,41)42)21-10-11-23(35)24(14-21)51-27(26(36)37)45-18-47-51/h6-11,14-16,18,25-26,29H,12-13,17H2,1-5H3,(H2,43,44)(H,48,53)/t25-/m1/s1. The summed E-state index contributed by atoms with van der Waals surface area (Å²) in [5.41, 5.74) is -2.35. The third-order valence-corrected chi connectivity index (χ3v) is 8.37. The first-order valence-corrected chi connectivity index (χ1v) is 16.6. The van der Waals surface area contributed by atoms with E-state index in [9.17, 15) is 40.3 Å². The number of aromatic nitrogens is 5. The van der Waals surface area contributed by atoms with Crippen LogP contribution < -0.4 is 10.6 Å². The van der Waals surface area contributed by atoms with Gasteiger partial charge in [-0.3, -0.25) is 15.1 Å². The molecule has 3 N–H and O–H groups in total. The van der Waals surface area contributed by atoms with Gasteiger partial charge in [0.15, 0.2) is 11.8 Å². The molecule has 0 aliphatic rings. The molecule has 0 saturated carbocycles. The Morgan fingerprint density at radius 3 is 2.22 bits per heavy atom. The smallest absolute Gasteiger partial charge is 0.411 e. The van der Waals surface area contributed by atoms with E-state index in [0.29, 0.717) is 36.1 Å². The van der Waals surface area contributed by atoms with Gasteiger partial charge >= 0.3 is 18.8 Å². The minimum absolute atomic E-state index is 0.0412. The van der Waals surface area contributed by atoms with E-state index in [1.54, 1.807) is 5.32 Å². The monoisotopic (exact) mass is 787 g/mol. The first kappa shape index (κ1) is 41.6. The molecule has 20 heteroatoms. The third kappa shape index (κ3) is 10.1. The van der Waals surface area contributed by atoms with Crippen LogP contribution in [0.1, 0.15) is 81.8 Å². The third-order valence-electron chi connectivity index (χ3n) is 8.05. The Bertz CT molecular complexity index is 1940. The molecule has 0 spiro atoms. The number of rotatable bonds is 12. The molecule has 4 aromatic rings. The lowest BCUT2D eigenvalue weighted by Crippen LogP contribution is -2.55. The SMILES string of the molecule is CC(C)(C)CCNC(=N)N(C(=O)c1ccc(-c2cnn(C(F)F)c2)cc1)[C@H](COC(=O)NC(C)(C)C(F)(F)F)c1ccc(Cl)c(-n2ncnc2C(F)F)c1. The molecule has 2 aromatic carbocycles. The molecule has 12 nitrogen and oxygen atoms in total. The number of amides is 2. The fraction of sp³-hybridized carbons (Fsp3) is 0.412. The zero-order chi connectivity index (χ0) is 40.2. The van der Waals surface area contributed by atoms with Crippen LogP contribution in [-0.2, 0) is 4.74 Å². The minimum atomic E-state index is -4.87. The Hall–Kier alpha value is -5.20. The van der Waals surface area contributed by atoms with E-state index in [2.05, 4.69) is 20.5 Å². The van der Waals surface area contributed by atoms with Crippen molar-refractivity contribution in [2.24, 2.45) is 5.41 Å². The van der Waals surface area contributed by atoms with Gasteiger partial charge < -0.3 is 15.4 Å². The van der Waals surface area contributed by atoms with Gasteiger partial charge in [0.05, 0.1) is 22.9 Å². The van der Waals surface area contributed by atoms with Gasteiger partial charge in [-0.2, -0.15) is 32.1 Å². The van der Waals surface area contributed by atoms with E-state index in [-0.39, 0.29) is 33.8 Å². The minimum Gasteiger partial charge on any atom is -0.447 e. The van der Waals surface area contributed by atoms with Crippen molar-refractivity contribution < 1.29 is 45.1 Å². The highest BCUT2D eigenvalue weighted by Gasteiger charge is 2.49. The van der Waals surface area contributed by atoms with Crippen molar-refractivity contribution in [2.45, 2.75) is 71.8 Å². The van der Waals surface area contributed by atoms with Gasteiger partial charge in [-0.25, -0.2) is 27.9 Å². The van der Waals surface area contributed by atoms with Crippen molar-refractivity contribution in [3.8, 4) is 16.8 Å². The van der Waals surface area contributed by atoms with Crippen molar-refractivity contribution in [1.82, 2.24) is 40.1 Å². The van der Waals surface area contributed by atoms with E-state index < -0.39 is 61.1 Å². The molecular weight excluding hydrogens is 751 g/mol. The first-order valence-electron chi connectivity index (χ1n) is 16.2. The largest absolute Gasteiger partial charge is 0.447 e. The van der Waals surface area contributed by atoms with Crippen LogP contribution in [-0.4, -0.2) is 72.3 Å². The molecule has 0 bridgehead atoms. The number of carbonyl (C=O) groups is 2. The van der Waals surface area contributed by atoms with E-state index >= 15 is 0 Å². The van der Waals surface area contributed by atoms with Gasteiger partial charge in [0.2, 0.25) is 0 Å². The van der Waals surface area contributed by atoms with Crippen molar-refractivity contribution in [1.29, 1.82) is 5.41 Å². The molecule has 4 rings (SSSR count). The maximum absolute atomic E-state index is 14.4. The number of alkyl carbamates (subject to hydrolysis) is 1. The fourth-order valence-electron chi connectivity index (χ4n) is 4.90. The summed E-state index contributed by atoms with van der Waals surface area (Å²) >= 11 is 6.39. The van der Waals surface area contributed by atoms with Gasteiger partial charge in [0.1, 0.15) is 18.5 Å². The molecule has 2 amide bonds. The number of benzene rings is 2. The van der Waals surface area contributed by atoms with Crippen molar-refractivity contribution in [3.63, 3.8) is 0 Å². The summed E-state index contributed by atoms with van der Waals surface area (Å²) in [6.07, 6.45) is -5.78. The van der Waals surface area contributed by atoms with Crippen molar-refractivity contribution >= 4 is 29.6 Å². The molecule has 292 valence electrons. The second kappa shape index (κ2) is 16.4.